The van der Waals surface area contributed by atoms with Crippen LogP contribution in [0.2, 0.25) is 0 Å². The van der Waals surface area contributed by atoms with Gasteiger partial charge in [0.05, 0.1) is 0 Å². The fraction of sp³-hybridized carbons (Fsp3) is 0.0625. The van der Waals surface area contributed by atoms with Gasteiger partial charge in [0.2, 0.25) is 5.88 Å². The predicted octanol–water partition coefficient (Wildman–Crippen LogP) is 3.36. The zero-order chi connectivity index (χ0) is 14.8. The molecule has 3 rings (SSSR count). The smallest absolute Gasteiger partial charge is 0.220 e. The molecule has 0 saturated carbocycles. The average Bonchev–Trinajstić information content (AvgIpc) is 2.47. The summed E-state index contributed by atoms with van der Waals surface area (Å²) < 4.78 is 5.87. The van der Waals surface area contributed by atoms with Crippen LogP contribution in [0.1, 0.15) is 11.3 Å². The molecule has 0 bridgehead atoms. The van der Waals surface area contributed by atoms with E-state index in [1.807, 2.05) is 43.3 Å². The molecule has 0 atom stereocenters. The third kappa shape index (κ3) is 2.83. The summed E-state index contributed by atoms with van der Waals surface area (Å²) in [6, 6.07) is 13.2. The lowest BCUT2D eigenvalue weighted by Crippen LogP contribution is -2.10. The highest BCUT2D eigenvalue weighted by Gasteiger charge is 2.08. The number of aromatic nitrogens is 2. The Bertz CT molecular complexity index is 827. The zero-order valence-electron chi connectivity index (χ0n) is 11.4. The largest absolute Gasteiger partial charge is 0.437 e. The minimum atomic E-state index is 0.321. The Balaban J connectivity index is 2.05. The van der Waals surface area contributed by atoms with Crippen LogP contribution in [0.5, 0.6) is 11.6 Å². The molecule has 0 amide bonds. The molecule has 104 valence electrons. The van der Waals surface area contributed by atoms with E-state index < -0.39 is 0 Å². The topological polar surface area (TPSA) is 61.0 Å². The summed E-state index contributed by atoms with van der Waals surface area (Å²) in [6.45, 7) is 1.87. The molecular formula is C16H13N3OS. The number of para-hydroxylation sites is 1. The number of hydrogen-bond acceptors (Lipinski definition) is 4. The van der Waals surface area contributed by atoms with E-state index in [0.717, 1.165) is 22.2 Å². The number of rotatable bonds is 3. The maximum atomic E-state index is 5.87. The van der Waals surface area contributed by atoms with Gasteiger partial charge >= 0.3 is 0 Å². The summed E-state index contributed by atoms with van der Waals surface area (Å²) in [5.41, 5.74) is 7.99. The van der Waals surface area contributed by atoms with Crippen molar-refractivity contribution >= 4 is 28.1 Å². The first-order valence-electron chi connectivity index (χ1n) is 6.43. The molecule has 0 unspecified atom stereocenters. The van der Waals surface area contributed by atoms with Gasteiger partial charge in [0.1, 0.15) is 10.5 Å². The number of fused-ring (bicyclic) bond motifs is 1. The predicted molar refractivity (Wildman–Crippen MR) is 86.7 cm³/mol. The highest BCUT2D eigenvalue weighted by atomic mass is 32.1. The Morgan fingerprint density at radius 2 is 2.00 bits per heavy atom. The molecule has 1 aromatic carbocycles. The molecule has 2 heterocycles. The monoisotopic (exact) mass is 295 g/mol. The number of pyridine rings is 2. The Labute approximate surface area is 127 Å². The second-order valence-electron chi connectivity index (χ2n) is 4.63. The van der Waals surface area contributed by atoms with Crippen molar-refractivity contribution in [2.24, 2.45) is 5.73 Å². The lowest BCUT2D eigenvalue weighted by molar-refractivity contribution is 0.466. The molecule has 2 aromatic heterocycles. The van der Waals surface area contributed by atoms with Crippen LogP contribution in [0.25, 0.3) is 10.9 Å². The van der Waals surface area contributed by atoms with Crippen LogP contribution in [0.15, 0.2) is 48.7 Å². The number of aryl methyl sites for hydroxylation is 1. The summed E-state index contributed by atoms with van der Waals surface area (Å²) >= 11 is 5.01. The molecule has 4 nitrogen and oxygen atoms in total. The van der Waals surface area contributed by atoms with Crippen LogP contribution < -0.4 is 10.5 Å². The number of nitrogens with two attached hydrogens (primary N) is 1. The average molecular weight is 295 g/mol. The van der Waals surface area contributed by atoms with E-state index >= 15 is 0 Å². The minimum absolute atomic E-state index is 0.321. The van der Waals surface area contributed by atoms with Crippen LogP contribution in [0, 0.1) is 6.92 Å². The van der Waals surface area contributed by atoms with Gasteiger partial charge in [-0.2, -0.15) is 0 Å². The van der Waals surface area contributed by atoms with Gasteiger partial charge in [-0.3, -0.25) is 4.98 Å². The molecule has 21 heavy (non-hydrogen) atoms. The van der Waals surface area contributed by atoms with E-state index in [1.165, 1.54) is 0 Å². The van der Waals surface area contributed by atoms with Gasteiger partial charge in [-0.15, -0.1) is 0 Å². The molecule has 0 aliphatic rings. The maximum absolute atomic E-state index is 5.87. The summed E-state index contributed by atoms with van der Waals surface area (Å²) in [5.74, 6) is 1.11. The fourth-order valence-corrected chi connectivity index (χ4v) is 2.22. The first kappa shape index (κ1) is 13.5. The second-order valence-corrected chi connectivity index (χ2v) is 5.07. The number of nitrogens with zero attached hydrogens (tertiary/aromatic N) is 2. The maximum Gasteiger partial charge on any atom is 0.220 e. The third-order valence-electron chi connectivity index (χ3n) is 3.02. The van der Waals surface area contributed by atoms with E-state index in [4.69, 9.17) is 22.7 Å². The summed E-state index contributed by atoms with van der Waals surface area (Å²) in [7, 11) is 0. The number of benzene rings is 1. The van der Waals surface area contributed by atoms with Crippen LogP contribution in [-0.2, 0) is 0 Å². The van der Waals surface area contributed by atoms with Crippen molar-refractivity contribution in [2.75, 3.05) is 0 Å². The number of hydrogen-bond donors (Lipinski definition) is 1. The zero-order valence-corrected chi connectivity index (χ0v) is 12.2. The molecule has 5 heteroatoms. The van der Waals surface area contributed by atoms with Crippen LogP contribution >= 0.6 is 12.2 Å². The first-order chi connectivity index (χ1) is 10.1. The molecule has 0 saturated heterocycles. The fourth-order valence-electron chi connectivity index (χ4n) is 2.10. The van der Waals surface area contributed by atoms with Crippen LogP contribution in [0.4, 0.5) is 0 Å². The van der Waals surface area contributed by atoms with E-state index in [0.29, 0.717) is 16.6 Å². The summed E-state index contributed by atoms with van der Waals surface area (Å²) in [4.78, 5) is 9.03. The van der Waals surface area contributed by atoms with Gasteiger partial charge in [-0.1, -0.05) is 30.4 Å². The Hall–Kier alpha value is -2.53. The number of thiocarbonyl (C=S) groups is 1. The second kappa shape index (κ2) is 5.46. The van der Waals surface area contributed by atoms with Crippen LogP contribution in [-0.4, -0.2) is 15.0 Å². The molecule has 0 aliphatic heterocycles. The molecule has 0 aliphatic carbocycles. The quantitative estimate of drug-likeness (QED) is 0.751. The molecule has 3 aromatic rings. The van der Waals surface area contributed by atoms with Gasteiger partial charge in [-0.25, -0.2) is 4.98 Å². The molecule has 2 N–H and O–H groups in total. The molecular weight excluding hydrogens is 282 g/mol. The van der Waals surface area contributed by atoms with Crippen LogP contribution in [0.3, 0.4) is 0 Å². The summed E-state index contributed by atoms with van der Waals surface area (Å²) in [6.07, 6.45) is 1.74. The van der Waals surface area contributed by atoms with Crippen molar-refractivity contribution in [2.45, 2.75) is 6.92 Å². The van der Waals surface area contributed by atoms with Gasteiger partial charge in [0, 0.05) is 28.9 Å². The van der Waals surface area contributed by atoms with Crippen molar-refractivity contribution in [1.29, 1.82) is 0 Å². The highest BCUT2D eigenvalue weighted by molar-refractivity contribution is 7.80. The third-order valence-corrected chi connectivity index (χ3v) is 3.26. The van der Waals surface area contributed by atoms with Crippen molar-refractivity contribution < 1.29 is 4.74 Å². The van der Waals surface area contributed by atoms with Gasteiger partial charge in [0.25, 0.3) is 0 Å². The standard InChI is InChI=1S/C16H13N3OS/c1-10-8-12(16(17)21)9-14(19-10)20-13-6-2-4-11-5-3-7-18-15(11)13/h2-9H,1H3,(H2,17,21). The Morgan fingerprint density at radius 1 is 1.19 bits per heavy atom. The Kier molecular flexibility index (Phi) is 3.50. The minimum Gasteiger partial charge on any atom is -0.437 e. The van der Waals surface area contributed by atoms with Crippen molar-refractivity contribution in [3.63, 3.8) is 0 Å². The van der Waals surface area contributed by atoms with E-state index in [-0.39, 0.29) is 0 Å². The Morgan fingerprint density at radius 3 is 2.81 bits per heavy atom. The molecule has 0 spiro atoms. The van der Waals surface area contributed by atoms with E-state index in [9.17, 15) is 0 Å². The van der Waals surface area contributed by atoms with Crippen molar-refractivity contribution in [1.82, 2.24) is 9.97 Å². The number of ether oxygens (including phenoxy) is 1. The van der Waals surface area contributed by atoms with E-state index in [2.05, 4.69) is 9.97 Å². The lowest BCUT2D eigenvalue weighted by Gasteiger charge is -2.09. The SMILES string of the molecule is Cc1cc(C(N)=S)cc(Oc2cccc3cccnc23)n1. The molecule has 0 fully saturated rings. The van der Waals surface area contributed by atoms with Gasteiger partial charge in [0.15, 0.2) is 5.75 Å². The molecule has 0 radical (unpaired) electrons. The lowest BCUT2D eigenvalue weighted by atomic mass is 10.2. The van der Waals surface area contributed by atoms with Gasteiger partial charge in [-0.05, 0) is 25.1 Å². The summed E-state index contributed by atoms with van der Waals surface area (Å²) in [5, 5.41) is 1.01. The van der Waals surface area contributed by atoms with Crippen molar-refractivity contribution in [3.05, 3.63) is 59.9 Å². The normalized spacial score (nSPS) is 10.5. The highest BCUT2D eigenvalue weighted by Crippen LogP contribution is 2.27. The first-order valence-corrected chi connectivity index (χ1v) is 6.84. The van der Waals surface area contributed by atoms with Crippen molar-refractivity contribution in [3.8, 4) is 11.6 Å². The van der Waals surface area contributed by atoms with Gasteiger partial charge < -0.3 is 10.5 Å². The van der Waals surface area contributed by atoms with E-state index in [1.54, 1.807) is 12.3 Å².